The summed E-state index contributed by atoms with van der Waals surface area (Å²) in [5.74, 6) is 0. The zero-order valence-electron chi connectivity index (χ0n) is 13.6. The van der Waals surface area contributed by atoms with Crippen LogP contribution in [0.4, 0.5) is 11.4 Å². The Kier molecular flexibility index (Phi) is 5.92. The van der Waals surface area contributed by atoms with E-state index in [0.29, 0.717) is 17.5 Å². The van der Waals surface area contributed by atoms with Gasteiger partial charge in [0.25, 0.3) is 0 Å². The maximum Gasteiger partial charge on any atom is 0.150 e. The van der Waals surface area contributed by atoms with Gasteiger partial charge in [-0.1, -0.05) is 0 Å². The van der Waals surface area contributed by atoms with E-state index in [1.807, 2.05) is 50.2 Å². The lowest BCUT2D eigenvalue weighted by atomic mass is 9.96. The minimum absolute atomic E-state index is 0.542. The third-order valence-electron chi connectivity index (χ3n) is 3.68. The molecule has 2 rings (SSSR count). The van der Waals surface area contributed by atoms with Crippen LogP contribution >= 0.6 is 0 Å². The zero-order chi connectivity index (χ0) is 16.7. The second kappa shape index (κ2) is 8.13. The van der Waals surface area contributed by atoms with Gasteiger partial charge in [0.15, 0.2) is 0 Å². The third kappa shape index (κ3) is 4.19. The van der Waals surface area contributed by atoms with Crippen LogP contribution in [-0.4, -0.2) is 25.7 Å². The van der Waals surface area contributed by atoms with E-state index in [0.717, 1.165) is 48.2 Å². The van der Waals surface area contributed by atoms with E-state index in [1.54, 1.807) is 0 Å². The van der Waals surface area contributed by atoms with Gasteiger partial charge in [-0.3, -0.25) is 9.59 Å². The lowest BCUT2D eigenvalue weighted by molar-refractivity contribution is 0.111. The van der Waals surface area contributed by atoms with Crippen LogP contribution in [0.5, 0.6) is 0 Å². The molecule has 0 aliphatic heterocycles. The van der Waals surface area contributed by atoms with Crippen LogP contribution in [0.25, 0.3) is 0 Å². The van der Waals surface area contributed by atoms with Gasteiger partial charge < -0.3 is 10.6 Å². The number of aldehydes is 2. The smallest absolute Gasteiger partial charge is 0.150 e. The number of hydrogen-bond acceptors (Lipinski definition) is 4. The Morgan fingerprint density at radius 3 is 1.57 bits per heavy atom. The minimum Gasteiger partial charge on any atom is -0.385 e. The summed E-state index contributed by atoms with van der Waals surface area (Å²) in [6, 6.07) is 11.4. The van der Waals surface area contributed by atoms with Gasteiger partial charge in [0.2, 0.25) is 0 Å². The first kappa shape index (κ1) is 16.7. The molecular formula is C19H22N2O2. The van der Waals surface area contributed by atoms with Crippen LogP contribution < -0.4 is 10.6 Å². The molecule has 2 N–H and O–H groups in total. The van der Waals surface area contributed by atoms with Crippen molar-refractivity contribution in [2.24, 2.45) is 0 Å². The monoisotopic (exact) mass is 310 g/mol. The molecule has 0 atom stereocenters. The van der Waals surface area contributed by atoms with Crippen LogP contribution in [0.3, 0.4) is 0 Å². The van der Waals surface area contributed by atoms with Crippen LogP contribution in [0.2, 0.25) is 0 Å². The van der Waals surface area contributed by atoms with Crippen LogP contribution in [0, 0.1) is 0 Å². The highest BCUT2D eigenvalue weighted by Gasteiger charge is 2.09. The second-order valence-electron chi connectivity index (χ2n) is 5.30. The van der Waals surface area contributed by atoms with Gasteiger partial charge in [-0.15, -0.1) is 0 Å². The van der Waals surface area contributed by atoms with Gasteiger partial charge in [0.05, 0.1) is 0 Å². The Morgan fingerprint density at radius 2 is 1.22 bits per heavy atom. The quantitative estimate of drug-likeness (QED) is 0.729. The van der Waals surface area contributed by atoms with E-state index < -0.39 is 0 Å². The first-order chi connectivity index (χ1) is 11.2. The van der Waals surface area contributed by atoms with Crippen LogP contribution in [0.1, 0.15) is 45.7 Å². The van der Waals surface area contributed by atoms with E-state index in [9.17, 15) is 9.59 Å². The number of anilines is 2. The molecule has 0 aliphatic carbocycles. The molecule has 0 unspecified atom stereocenters. The Morgan fingerprint density at radius 1 is 0.783 bits per heavy atom. The normalized spacial score (nSPS) is 10.2. The van der Waals surface area contributed by atoms with Gasteiger partial charge in [-0.25, -0.2) is 0 Å². The van der Waals surface area contributed by atoms with Crippen molar-refractivity contribution in [2.45, 2.75) is 20.3 Å². The Hall–Kier alpha value is -2.62. The summed E-state index contributed by atoms with van der Waals surface area (Å²) < 4.78 is 0. The molecule has 23 heavy (non-hydrogen) atoms. The van der Waals surface area contributed by atoms with Gasteiger partial charge in [-0.05, 0) is 67.8 Å². The highest BCUT2D eigenvalue weighted by atomic mass is 16.1. The lowest BCUT2D eigenvalue weighted by Gasteiger charge is -2.12. The zero-order valence-corrected chi connectivity index (χ0v) is 13.6. The van der Waals surface area contributed by atoms with Crippen LogP contribution in [-0.2, 0) is 6.42 Å². The van der Waals surface area contributed by atoms with Crippen molar-refractivity contribution in [1.82, 2.24) is 0 Å². The predicted octanol–water partition coefficient (Wildman–Crippen LogP) is 3.77. The van der Waals surface area contributed by atoms with E-state index in [1.165, 1.54) is 0 Å². The van der Waals surface area contributed by atoms with Gasteiger partial charge in [0, 0.05) is 35.6 Å². The molecule has 0 heterocycles. The molecule has 0 saturated heterocycles. The van der Waals surface area contributed by atoms with Crippen molar-refractivity contribution < 1.29 is 9.59 Å². The van der Waals surface area contributed by atoms with E-state index in [2.05, 4.69) is 10.6 Å². The first-order valence-electron chi connectivity index (χ1n) is 7.85. The van der Waals surface area contributed by atoms with Gasteiger partial charge in [-0.2, -0.15) is 0 Å². The van der Waals surface area contributed by atoms with Gasteiger partial charge >= 0.3 is 0 Å². The summed E-state index contributed by atoms with van der Waals surface area (Å²) >= 11 is 0. The summed E-state index contributed by atoms with van der Waals surface area (Å²) in [6.07, 6.45) is 2.26. The highest BCUT2D eigenvalue weighted by molar-refractivity contribution is 5.81. The molecule has 4 nitrogen and oxygen atoms in total. The molecule has 0 bridgehead atoms. The summed E-state index contributed by atoms with van der Waals surface area (Å²) in [7, 11) is 0. The fourth-order valence-corrected chi connectivity index (χ4v) is 2.58. The number of carbonyl (C=O) groups excluding carboxylic acids is 2. The summed E-state index contributed by atoms with van der Waals surface area (Å²) in [6.45, 7) is 5.68. The van der Waals surface area contributed by atoms with Crippen molar-refractivity contribution in [3.8, 4) is 0 Å². The number of rotatable bonds is 8. The van der Waals surface area contributed by atoms with Crippen molar-refractivity contribution in [2.75, 3.05) is 23.7 Å². The fraction of sp³-hybridized carbons (Fsp3) is 0.263. The van der Waals surface area contributed by atoms with Crippen molar-refractivity contribution >= 4 is 23.9 Å². The molecule has 2 aromatic carbocycles. The van der Waals surface area contributed by atoms with Crippen molar-refractivity contribution in [3.05, 3.63) is 58.7 Å². The number of nitrogens with one attached hydrogen (secondary N) is 2. The molecule has 0 radical (unpaired) electrons. The number of carbonyl (C=O) groups is 2. The van der Waals surface area contributed by atoms with Gasteiger partial charge in [0.1, 0.15) is 12.6 Å². The maximum atomic E-state index is 11.3. The van der Waals surface area contributed by atoms with Crippen molar-refractivity contribution in [1.29, 1.82) is 0 Å². The molecule has 0 aromatic heterocycles. The Labute approximate surface area is 136 Å². The molecule has 0 spiro atoms. The first-order valence-corrected chi connectivity index (χ1v) is 7.85. The molecule has 4 heteroatoms. The predicted molar refractivity (Wildman–Crippen MR) is 94.8 cm³/mol. The third-order valence-corrected chi connectivity index (χ3v) is 3.68. The minimum atomic E-state index is 0.542. The summed E-state index contributed by atoms with van der Waals surface area (Å²) in [5, 5.41) is 6.49. The second-order valence-corrected chi connectivity index (χ2v) is 5.30. The molecule has 0 aliphatic rings. The molecular weight excluding hydrogens is 288 g/mol. The summed E-state index contributed by atoms with van der Waals surface area (Å²) in [5.41, 5.74) is 5.08. The van der Waals surface area contributed by atoms with Crippen molar-refractivity contribution in [3.63, 3.8) is 0 Å². The van der Waals surface area contributed by atoms with E-state index in [4.69, 9.17) is 0 Å². The Bertz CT molecular complexity index is 636. The molecule has 120 valence electrons. The average Bonchev–Trinajstić information content (AvgIpc) is 2.56. The standard InChI is InChI=1S/C19H22N2O2/c1-3-20-18-7-5-14(12-22)16(10-18)9-17-11-19(21-4-2)8-6-15(17)13-23/h5-8,10-13,20-21H,3-4,9H2,1-2H3. The van der Waals surface area contributed by atoms with E-state index in [-0.39, 0.29) is 0 Å². The lowest BCUT2D eigenvalue weighted by Crippen LogP contribution is -2.03. The SMILES string of the molecule is CCNc1ccc(C=O)c(Cc2cc(NCC)ccc2C=O)c1. The summed E-state index contributed by atoms with van der Waals surface area (Å²) in [4.78, 5) is 22.6. The molecule has 0 amide bonds. The number of benzene rings is 2. The number of hydrogen-bond donors (Lipinski definition) is 2. The topological polar surface area (TPSA) is 58.2 Å². The largest absolute Gasteiger partial charge is 0.385 e. The maximum absolute atomic E-state index is 11.3. The molecule has 0 saturated carbocycles. The van der Waals surface area contributed by atoms with Crippen LogP contribution in [0.15, 0.2) is 36.4 Å². The van der Waals surface area contributed by atoms with E-state index >= 15 is 0 Å². The highest BCUT2D eigenvalue weighted by Crippen LogP contribution is 2.22. The fourth-order valence-electron chi connectivity index (χ4n) is 2.58. The molecule has 2 aromatic rings. The molecule has 0 fully saturated rings. The average molecular weight is 310 g/mol. The Balaban J connectivity index is 2.40.